The zero-order chi connectivity index (χ0) is 24.9. The standard InChI is InChI=1S/C28H28N6O2/c1-18(2)33-17-29-16-22(27(33)36)19-8-10-21(11-9-19)28(14-15-28)31-26(35)25-30-24-13-12-23(34(24)32-25)20-6-4-3-5-7-20/h3-11,16-18,23H,12-15H2,1-2H3,(H,31,35)/t23-/m1/s1. The minimum Gasteiger partial charge on any atom is -0.340 e. The van der Waals surface area contributed by atoms with Crippen molar-refractivity contribution < 1.29 is 4.79 Å². The fraction of sp³-hybridized carbons (Fsp3) is 0.321. The zero-order valence-electron chi connectivity index (χ0n) is 20.4. The third kappa shape index (κ3) is 3.82. The summed E-state index contributed by atoms with van der Waals surface area (Å²) in [5.41, 5.74) is 3.10. The molecule has 2 aliphatic rings. The number of benzene rings is 2. The first-order chi connectivity index (χ1) is 17.4. The molecule has 8 nitrogen and oxygen atoms in total. The molecule has 1 saturated carbocycles. The lowest BCUT2D eigenvalue weighted by molar-refractivity contribution is 0.0919. The quantitative estimate of drug-likeness (QED) is 0.450. The van der Waals surface area contributed by atoms with E-state index in [2.05, 4.69) is 32.5 Å². The first-order valence-corrected chi connectivity index (χ1v) is 12.5. The average molecular weight is 481 g/mol. The number of nitrogens with one attached hydrogen (secondary N) is 1. The van der Waals surface area contributed by atoms with Crippen molar-refractivity contribution in [3.63, 3.8) is 0 Å². The largest absolute Gasteiger partial charge is 0.340 e. The van der Waals surface area contributed by atoms with Crippen LogP contribution in [0.15, 0.2) is 71.9 Å². The van der Waals surface area contributed by atoms with Crippen LogP contribution in [-0.4, -0.2) is 30.2 Å². The number of aromatic nitrogens is 5. The number of carbonyl (C=O) groups excluding carboxylic acids is 1. The van der Waals surface area contributed by atoms with Gasteiger partial charge in [-0.25, -0.2) is 14.6 Å². The molecule has 0 saturated heterocycles. The monoisotopic (exact) mass is 480 g/mol. The minimum atomic E-state index is -0.419. The van der Waals surface area contributed by atoms with E-state index in [1.165, 1.54) is 5.56 Å². The van der Waals surface area contributed by atoms with E-state index < -0.39 is 5.54 Å². The second-order valence-electron chi connectivity index (χ2n) is 9.99. The summed E-state index contributed by atoms with van der Waals surface area (Å²) in [4.78, 5) is 34.8. The zero-order valence-corrected chi connectivity index (χ0v) is 20.4. The van der Waals surface area contributed by atoms with Gasteiger partial charge >= 0.3 is 0 Å². The molecule has 1 aliphatic heterocycles. The SMILES string of the molecule is CC(C)n1cncc(-c2ccc(C3(NC(=O)c4nc5n(n4)[C@@H](c4ccccc4)CC5)CC3)cc2)c1=O. The van der Waals surface area contributed by atoms with Gasteiger partial charge in [0.1, 0.15) is 5.82 Å². The highest BCUT2D eigenvalue weighted by atomic mass is 16.2. The van der Waals surface area contributed by atoms with Gasteiger partial charge in [-0.15, -0.1) is 5.10 Å². The highest BCUT2D eigenvalue weighted by Crippen LogP contribution is 2.46. The summed E-state index contributed by atoms with van der Waals surface area (Å²) >= 11 is 0. The molecular formula is C28H28N6O2. The lowest BCUT2D eigenvalue weighted by atomic mass is 10.0. The Hall–Kier alpha value is -4.07. The molecule has 0 radical (unpaired) electrons. The van der Waals surface area contributed by atoms with Crippen LogP contribution in [0.2, 0.25) is 0 Å². The first kappa shape index (κ1) is 22.4. The molecule has 1 N–H and O–H groups in total. The van der Waals surface area contributed by atoms with E-state index in [-0.39, 0.29) is 29.4 Å². The number of amides is 1. The maximum Gasteiger partial charge on any atom is 0.291 e. The van der Waals surface area contributed by atoms with E-state index in [9.17, 15) is 9.59 Å². The molecule has 2 aromatic carbocycles. The van der Waals surface area contributed by atoms with Crippen LogP contribution >= 0.6 is 0 Å². The van der Waals surface area contributed by atoms with Crippen LogP contribution in [0.1, 0.15) is 72.8 Å². The van der Waals surface area contributed by atoms with Crippen molar-refractivity contribution in [2.75, 3.05) is 0 Å². The summed E-state index contributed by atoms with van der Waals surface area (Å²) < 4.78 is 3.53. The number of aryl methyl sites for hydroxylation is 1. The van der Waals surface area contributed by atoms with Gasteiger partial charge < -0.3 is 5.32 Å². The maximum absolute atomic E-state index is 13.2. The number of carbonyl (C=O) groups is 1. The van der Waals surface area contributed by atoms with E-state index in [0.29, 0.717) is 5.56 Å². The molecule has 0 bridgehead atoms. The second-order valence-corrected chi connectivity index (χ2v) is 9.99. The van der Waals surface area contributed by atoms with Crippen molar-refractivity contribution in [2.24, 2.45) is 0 Å². The molecule has 4 aromatic rings. The van der Waals surface area contributed by atoms with Crippen LogP contribution in [-0.2, 0) is 12.0 Å². The summed E-state index contributed by atoms with van der Waals surface area (Å²) in [6.45, 7) is 3.92. The molecule has 0 spiro atoms. The van der Waals surface area contributed by atoms with E-state index in [1.807, 2.05) is 61.0 Å². The first-order valence-electron chi connectivity index (χ1n) is 12.5. The van der Waals surface area contributed by atoms with Gasteiger partial charge in [0.05, 0.1) is 23.5 Å². The van der Waals surface area contributed by atoms with Crippen LogP contribution in [0.25, 0.3) is 11.1 Å². The fourth-order valence-electron chi connectivity index (χ4n) is 5.09. The van der Waals surface area contributed by atoms with Crippen molar-refractivity contribution >= 4 is 5.91 Å². The summed E-state index contributed by atoms with van der Waals surface area (Å²) in [5.74, 6) is 0.821. The van der Waals surface area contributed by atoms with Gasteiger partial charge in [-0.1, -0.05) is 54.6 Å². The van der Waals surface area contributed by atoms with Gasteiger partial charge in [-0.05, 0) is 49.8 Å². The van der Waals surface area contributed by atoms with E-state index in [4.69, 9.17) is 0 Å². The lowest BCUT2D eigenvalue weighted by Gasteiger charge is -2.18. The third-order valence-electron chi connectivity index (χ3n) is 7.29. The van der Waals surface area contributed by atoms with Crippen molar-refractivity contribution in [1.82, 2.24) is 29.6 Å². The third-order valence-corrected chi connectivity index (χ3v) is 7.29. The number of hydrogen-bond acceptors (Lipinski definition) is 5. The summed E-state index contributed by atoms with van der Waals surface area (Å²) in [5, 5.41) is 7.77. The van der Waals surface area contributed by atoms with Gasteiger partial charge in [0.2, 0.25) is 5.82 Å². The van der Waals surface area contributed by atoms with Crippen molar-refractivity contribution in [2.45, 2.75) is 57.2 Å². The Morgan fingerprint density at radius 2 is 1.83 bits per heavy atom. The van der Waals surface area contributed by atoms with Crippen molar-refractivity contribution in [1.29, 1.82) is 0 Å². The topological polar surface area (TPSA) is 94.7 Å². The van der Waals surface area contributed by atoms with Crippen LogP contribution in [0.4, 0.5) is 0 Å². The number of nitrogens with zero attached hydrogens (tertiary/aromatic N) is 5. The van der Waals surface area contributed by atoms with E-state index in [1.54, 1.807) is 17.1 Å². The predicted molar refractivity (Wildman–Crippen MR) is 136 cm³/mol. The Balaban J connectivity index is 1.21. The molecule has 6 rings (SSSR count). The average Bonchev–Trinajstić information content (AvgIpc) is 3.37. The highest BCUT2D eigenvalue weighted by molar-refractivity contribution is 5.91. The number of hydrogen-bond donors (Lipinski definition) is 1. The molecule has 2 aromatic heterocycles. The Morgan fingerprint density at radius 3 is 2.53 bits per heavy atom. The highest BCUT2D eigenvalue weighted by Gasteiger charge is 2.46. The molecule has 182 valence electrons. The van der Waals surface area contributed by atoms with Gasteiger partial charge in [0.15, 0.2) is 0 Å². The van der Waals surface area contributed by atoms with Crippen LogP contribution < -0.4 is 10.9 Å². The molecule has 3 heterocycles. The van der Waals surface area contributed by atoms with E-state index >= 15 is 0 Å². The predicted octanol–water partition coefficient (Wildman–Crippen LogP) is 4.04. The maximum atomic E-state index is 13.2. The normalized spacial score (nSPS) is 17.7. The number of fused-ring (bicyclic) bond motifs is 1. The van der Waals surface area contributed by atoms with Crippen LogP contribution in [0.5, 0.6) is 0 Å². The smallest absolute Gasteiger partial charge is 0.291 e. The summed E-state index contributed by atoms with van der Waals surface area (Å²) in [6.07, 6.45) is 6.63. The van der Waals surface area contributed by atoms with Gasteiger partial charge in [-0.2, -0.15) is 0 Å². The molecular weight excluding hydrogens is 452 g/mol. The minimum absolute atomic E-state index is 0.0371. The molecule has 36 heavy (non-hydrogen) atoms. The molecule has 1 amide bonds. The van der Waals surface area contributed by atoms with Crippen LogP contribution in [0.3, 0.4) is 0 Å². The number of rotatable bonds is 6. The molecule has 8 heteroatoms. The van der Waals surface area contributed by atoms with Crippen molar-refractivity contribution in [3.05, 3.63) is 100 Å². The Morgan fingerprint density at radius 1 is 1.08 bits per heavy atom. The van der Waals surface area contributed by atoms with Crippen LogP contribution in [0, 0.1) is 0 Å². The van der Waals surface area contributed by atoms with E-state index in [0.717, 1.165) is 42.6 Å². The Labute approximate surface area is 209 Å². The Bertz CT molecular complexity index is 1480. The molecule has 1 fully saturated rings. The summed E-state index contributed by atoms with van der Waals surface area (Å²) in [6, 6.07) is 18.2. The van der Waals surface area contributed by atoms with Gasteiger partial charge in [0.25, 0.3) is 11.5 Å². The second kappa shape index (κ2) is 8.55. The molecule has 1 aliphatic carbocycles. The van der Waals surface area contributed by atoms with Crippen molar-refractivity contribution in [3.8, 4) is 11.1 Å². The molecule has 0 unspecified atom stereocenters. The van der Waals surface area contributed by atoms with Gasteiger partial charge in [-0.3, -0.25) is 14.2 Å². The Kier molecular flexibility index (Phi) is 5.32. The molecule has 1 atom stereocenters. The lowest BCUT2D eigenvalue weighted by Crippen LogP contribution is -2.35. The fourth-order valence-corrected chi connectivity index (χ4v) is 5.09. The van der Waals surface area contributed by atoms with Gasteiger partial charge in [0, 0.05) is 18.7 Å². The summed E-state index contributed by atoms with van der Waals surface area (Å²) in [7, 11) is 0.